The van der Waals surface area contributed by atoms with Gasteiger partial charge in [0.15, 0.2) is 0 Å². The summed E-state index contributed by atoms with van der Waals surface area (Å²) in [6.07, 6.45) is 0. The molecule has 0 fully saturated rings. The van der Waals surface area contributed by atoms with Crippen LogP contribution in [0.5, 0.6) is 0 Å². The van der Waals surface area contributed by atoms with Crippen LogP contribution in [0.15, 0.2) is 0 Å². The molecule has 0 aliphatic carbocycles. The zero-order valence-electron chi connectivity index (χ0n) is 2.36. The van der Waals surface area contributed by atoms with Crippen LogP contribution in [0.25, 0.3) is 0 Å². The maximum atomic E-state index is 9.00. The van der Waals surface area contributed by atoms with Gasteiger partial charge in [-0.15, -0.1) is 0 Å². The fraction of sp³-hybridized carbons (Fsp3) is 0.667. The average molecular weight is 77.1 g/mol. The number of carboxylic acids is 1. The van der Waals surface area contributed by atoms with Crippen molar-refractivity contribution in [2.75, 3.05) is 0 Å². The largest absolute Gasteiger partial charge is 0.481 e. The molecule has 5 heavy (non-hydrogen) atoms. The highest BCUT2D eigenvalue weighted by atomic mass is 16.4. The molecule has 2 nitrogen and oxygen atoms in total. The van der Waals surface area contributed by atoms with E-state index in [1.54, 1.807) is 0 Å². The second-order valence-corrected chi connectivity index (χ2v) is 0.519. The van der Waals surface area contributed by atoms with Crippen LogP contribution >= 0.6 is 0 Å². The SMILES string of the molecule is CC(=O)O.[13CH4]. The van der Waals surface area contributed by atoms with Crippen molar-refractivity contribution in [2.24, 2.45) is 0 Å². The molecule has 0 amide bonds. The summed E-state index contributed by atoms with van der Waals surface area (Å²) in [5.41, 5.74) is 0. The Morgan fingerprint density at radius 3 is 1.80 bits per heavy atom. The molecule has 0 aliphatic heterocycles. The van der Waals surface area contributed by atoms with E-state index >= 15 is 0 Å². The second kappa shape index (κ2) is 3.47. The van der Waals surface area contributed by atoms with Gasteiger partial charge in [-0.25, -0.2) is 0 Å². The third-order valence-corrected chi connectivity index (χ3v) is 0. The lowest BCUT2D eigenvalue weighted by Gasteiger charge is -1.59. The molecule has 0 bridgehead atoms. The Balaban J connectivity index is 0. The number of hydrogen-bond donors (Lipinski definition) is 1. The van der Waals surface area contributed by atoms with E-state index in [0.29, 0.717) is 0 Å². The Labute approximate surface area is 31.4 Å². The van der Waals surface area contributed by atoms with Crippen molar-refractivity contribution < 1.29 is 9.90 Å². The van der Waals surface area contributed by atoms with E-state index in [1.165, 1.54) is 0 Å². The summed E-state index contributed by atoms with van der Waals surface area (Å²) in [6.45, 7) is 1.08. The standard InChI is InChI=1S/C2H4O2.CH4/c1-2(3)4;/h1H3,(H,3,4);1H4/i;1+1. The quantitative estimate of drug-likeness (QED) is 0.433. The van der Waals surface area contributed by atoms with Gasteiger partial charge in [0.1, 0.15) is 0 Å². The molecule has 1 N–H and O–H groups in total. The molecule has 0 aromatic heterocycles. The summed E-state index contributed by atoms with van der Waals surface area (Å²) in [5.74, 6) is -0.833. The molecule has 0 saturated carbocycles. The van der Waals surface area contributed by atoms with Gasteiger partial charge in [0.25, 0.3) is 5.97 Å². The van der Waals surface area contributed by atoms with Crippen molar-refractivity contribution >= 4 is 5.97 Å². The van der Waals surface area contributed by atoms with Gasteiger partial charge in [-0.05, 0) is 0 Å². The monoisotopic (exact) mass is 77.1 g/mol. The van der Waals surface area contributed by atoms with Gasteiger partial charge in [-0.1, -0.05) is 7.43 Å². The Morgan fingerprint density at radius 2 is 1.80 bits per heavy atom. The van der Waals surface area contributed by atoms with Crippen molar-refractivity contribution in [1.29, 1.82) is 0 Å². The normalized spacial score (nSPS) is 5.00. The molecule has 0 aromatic carbocycles. The van der Waals surface area contributed by atoms with Gasteiger partial charge in [0, 0.05) is 6.92 Å². The van der Waals surface area contributed by atoms with Gasteiger partial charge >= 0.3 is 0 Å². The molecule has 0 spiro atoms. The minimum absolute atomic E-state index is 0. The second-order valence-electron chi connectivity index (χ2n) is 0.519. The van der Waals surface area contributed by atoms with Crippen molar-refractivity contribution in [2.45, 2.75) is 14.4 Å². The number of aliphatic carboxylic acids is 1. The number of rotatable bonds is 0. The lowest BCUT2D eigenvalue weighted by molar-refractivity contribution is -0.134. The van der Waals surface area contributed by atoms with Crippen molar-refractivity contribution in [3.8, 4) is 0 Å². The maximum Gasteiger partial charge on any atom is 0.300 e. The summed E-state index contributed by atoms with van der Waals surface area (Å²) in [5, 5.41) is 7.42. The highest BCUT2D eigenvalue weighted by Crippen LogP contribution is 1.42. The molecule has 0 aliphatic rings. The predicted octanol–water partition coefficient (Wildman–Crippen LogP) is 0.727. The Hall–Kier alpha value is -0.530. The van der Waals surface area contributed by atoms with Crippen LogP contribution in [0.2, 0.25) is 0 Å². The van der Waals surface area contributed by atoms with Gasteiger partial charge < -0.3 is 5.11 Å². The highest BCUT2D eigenvalue weighted by Gasteiger charge is 1.65. The topological polar surface area (TPSA) is 37.3 Å². The molecule has 0 radical (unpaired) electrons. The van der Waals surface area contributed by atoms with E-state index in [0.717, 1.165) is 6.92 Å². The zero-order chi connectivity index (χ0) is 3.58. The summed E-state index contributed by atoms with van der Waals surface area (Å²) >= 11 is 0. The van der Waals surface area contributed by atoms with Gasteiger partial charge in [0.05, 0.1) is 0 Å². The number of carbonyl (C=O) groups is 1. The van der Waals surface area contributed by atoms with E-state index in [2.05, 4.69) is 0 Å². The fourth-order valence-corrected chi connectivity index (χ4v) is 0. The van der Waals surface area contributed by atoms with Crippen molar-refractivity contribution in [3.63, 3.8) is 0 Å². The molecule has 0 aromatic rings. The van der Waals surface area contributed by atoms with E-state index in [-0.39, 0.29) is 7.43 Å². The van der Waals surface area contributed by atoms with Crippen LogP contribution in [0.4, 0.5) is 0 Å². The Kier molecular flexibility index (Phi) is 6.12. The van der Waals surface area contributed by atoms with Crippen molar-refractivity contribution in [3.05, 3.63) is 0 Å². The molecular weight excluding hydrogens is 69.0 g/mol. The minimum Gasteiger partial charge on any atom is -0.481 e. The smallest absolute Gasteiger partial charge is 0.300 e. The van der Waals surface area contributed by atoms with E-state index < -0.39 is 5.97 Å². The summed E-state index contributed by atoms with van der Waals surface area (Å²) in [4.78, 5) is 9.00. The van der Waals surface area contributed by atoms with E-state index in [4.69, 9.17) is 9.90 Å². The summed E-state index contributed by atoms with van der Waals surface area (Å²) < 4.78 is 0. The molecule has 2 heteroatoms. The highest BCUT2D eigenvalue weighted by molar-refractivity contribution is 5.62. The van der Waals surface area contributed by atoms with Crippen LogP contribution in [0.1, 0.15) is 14.4 Å². The van der Waals surface area contributed by atoms with Crippen LogP contribution in [0, 0.1) is 0 Å². The lowest BCUT2D eigenvalue weighted by Crippen LogP contribution is -1.78. The number of carboxylic acid groups (broad SMARTS) is 1. The minimum atomic E-state index is -0.833. The predicted molar refractivity (Wildman–Crippen MR) is 20.0 cm³/mol. The lowest BCUT2D eigenvalue weighted by atomic mass is 10.9. The Morgan fingerprint density at radius 1 is 1.80 bits per heavy atom. The van der Waals surface area contributed by atoms with E-state index in [1.807, 2.05) is 0 Å². The molecule has 0 rings (SSSR count). The summed E-state index contributed by atoms with van der Waals surface area (Å²) in [6, 6.07) is 0. The maximum absolute atomic E-state index is 9.00. The third kappa shape index (κ3) is 26.7. The van der Waals surface area contributed by atoms with Crippen LogP contribution < -0.4 is 0 Å². The van der Waals surface area contributed by atoms with Crippen LogP contribution in [-0.2, 0) is 4.79 Å². The van der Waals surface area contributed by atoms with Crippen LogP contribution in [0.3, 0.4) is 0 Å². The van der Waals surface area contributed by atoms with Crippen molar-refractivity contribution in [1.82, 2.24) is 0 Å². The Bertz CT molecular complexity index is 27.9. The summed E-state index contributed by atoms with van der Waals surface area (Å²) in [7, 11) is 0. The third-order valence-electron chi connectivity index (χ3n) is 0. The first kappa shape index (κ1) is 8.82. The van der Waals surface area contributed by atoms with Gasteiger partial charge in [-0.2, -0.15) is 0 Å². The first-order valence-electron chi connectivity index (χ1n) is 0.928. The van der Waals surface area contributed by atoms with Gasteiger partial charge in [-0.3, -0.25) is 4.79 Å². The van der Waals surface area contributed by atoms with Crippen LogP contribution in [-0.4, -0.2) is 11.1 Å². The first-order valence-corrected chi connectivity index (χ1v) is 0.928. The van der Waals surface area contributed by atoms with Gasteiger partial charge in [0.2, 0.25) is 0 Å². The first-order chi connectivity index (χ1) is 1.73. The molecule has 0 saturated heterocycles. The molecule has 32 valence electrons. The molecule has 0 atom stereocenters. The molecule has 0 heterocycles. The number of hydrogen-bond acceptors (Lipinski definition) is 1. The zero-order valence-corrected chi connectivity index (χ0v) is 2.36. The molecule has 0 unspecified atom stereocenters. The fourth-order valence-electron chi connectivity index (χ4n) is 0. The van der Waals surface area contributed by atoms with E-state index in [9.17, 15) is 0 Å². The molecular formula is C3H8O2. The average Bonchev–Trinajstić information content (AvgIpc) is 0.811.